The number of benzene rings is 1. The highest BCUT2D eigenvalue weighted by Crippen LogP contribution is 2.33. The van der Waals surface area contributed by atoms with Crippen molar-refractivity contribution in [1.29, 1.82) is 0 Å². The van der Waals surface area contributed by atoms with Crippen LogP contribution in [0.25, 0.3) is 0 Å². The Hall–Kier alpha value is -0.780. The largest absolute Gasteiger partial charge is 0.375 e. The molecule has 7 heteroatoms. The average molecular weight is 364 g/mol. The topological polar surface area (TPSA) is 42.7 Å². The van der Waals surface area contributed by atoms with E-state index in [1.807, 2.05) is 4.68 Å². The van der Waals surface area contributed by atoms with Crippen LogP contribution in [0.5, 0.6) is 0 Å². The molecule has 0 atom stereocenters. The predicted molar refractivity (Wildman–Crippen MR) is 81.8 cm³/mol. The maximum Gasteiger partial charge on any atom is 0.146 e. The fourth-order valence-corrected chi connectivity index (χ4v) is 3.04. The standard InChI is InChI=1S/C12H13BrCl2N4/c1-2-3-19-11(17-7-18-19)6-16-12-9(14)4-8(13)5-10(12)15/h4-5,7,16H,2-3,6H2,1H3. The molecule has 102 valence electrons. The predicted octanol–water partition coefficient (Wildman–Crippen LogP) is 4.37. The van der Waals surface area contributed by atoms with Crippen molar-refractivity contribution in [2.45, 2.75) is 26.4 Å². The lowest BCUT2D eigenvalue weighted by molar-refractivity contribution is 0.574. The molecule has 0 saturated heterocycles. The number of hydrogen-bond acceptors (Lipinski definition) is 3. The number of nitrogens with zero attached hydrogens (tertiary/aromatic N) is 3. The summed E-state index contributed by atoms with van der Waals surface area (Å²) in [4.78, 5) is 4.22. The molecule has 2 aromatic rings. The van der Waals surface area contributed by atoms with Gasteiger partial charge < -0.3 is 5.32 Å². The average Bonchev–Trinajstić information content (AvgIpc) is 2.76. The summed E-state index contributed by atoms with van der Waals surface area (Å²) < 4.78 is 2.72. The Balaban J connectivity index is 2.12. The first-order chi connectivity index (χ1) is 9.11. The van der Waals surface area contributed by atoms with Gasteiger partial charge in [0.2, 0.25) is 0 Å². The van der Waals surface area contributed by atoms with E-state index in [9.17, 15) is 0 Å². The Kier molecular flexibility index (Phi) is 5.07. The number of hydrogen-bond donors (Lipinski definition) is 1. The zero-order valence-electron chi connectivity index (χ0n) is 10.3. The molecule has 0 aliphatic carbocycles. The van der Waals surface area contributed by atoms with Crippen molar-refractivity contribution in [3.8, 4) is 0 Å². The third kappa shape index (κ3) is 3.61. The molecule has 19 heavy (non-hydrogen) atoms. The Morgan fingerprint density at radius 3 is 2.63 bits per heavy atom. The van der Waals surface area contributed by atoms with Crippen LogP contribution in [0.15, 0.2) is 22.9 Å². The number of nitrogens with one attached hydrogen (secondary N) is 1. The van der Waals surface area contributed by atoms with Crippen molar-refractivity contribution in [3.05, 3.63) is 38.8 Å². The molecule has 0 bridgehead atoms. The first-order valence-electron chi connectivity index (χ1n) is 5.87. The van der Waals surface area contributed by atoms with Gasteiger partial charge in [0.05, 0.1) is 22.3 Å². The van der Waals surface area contributed by atoms with E-state index in [1.54, 1.807) is 18.5 Å². The van der Waals surface area contributed by atoms with E-state index >= 15 is 0 Å². The minimum Gasteiger partial charge on any atom is -0.375 e. The van der Waals surface area contributed by atoms with Crippen LogP contribution in [-0.4, -0.2) is 14.8 Å². The van der Waals surface area contributed by atoms with E-state index in [0.717, 1.165) is 23.3 Å². The summed E-state index contributed by atoms with van der Waals surface area (Å²) in [6.07, 6.45) is 2.56. The summed E-state index contributed by atoms with van der Waals surface area (Å²) in [5.41, 5.74) is 0.706. The summed E-state index contributed by atoms with van der Waals surface area (Å²) in [6, 6.07) is 3.60. The maximum absolute atomic E-state index is 6.16. The van der Waals surface area contributed by atoms with Gasteiger partial charge in [0.15, 0.2) is 0 Å². The zero-order chi connectivity index (χ0) is 13.8. The summed E-state index contributed by atoms with van der Waals surface area (Å²) in [5, 5.41) is 8.51. The van der Waals surface area contributed by atoms with E-state index in [-0.39, 0.29) is 0 Å². The van der Waals surface area contributed by atoms with Gasteiger partial charge in [0.1, 0.15) is 12.2 Å². The Labute approximate surface area is 130 Å². The quantitative estimate of drug-likeness (QED) is 0.857. The Morgan fingerprint density at radius 1 is 1.32 bits per heavy atom. The molecular formula is C12H13BrCl2N4. The summed E-state index contributed by atoms with van der Waals surface area (Å²) in [7, 11) is 0. The molecule has 0 spiro atoms. The van der Waals surface area contributed by atoms with E-state index in [1.165, 1.54) is 0 Å². The van der Waals surface area contributed by atoms with Crippen LogP contribution in [0.4, 0.5) is 5.69 Å². The second kappa shape index (κ2) is 6.59. The molecule has 1 aromatic heterocycles. The number of rotatable bonds is 5. The van der Waals surface area contributed by atoms with Gasteiger partial charge in [-0.15, -0.1) is 0 Å². The summed E-state index contributed by atoms with van der Waals surface area (Å²) in [6.45, 7) is 3.47. The van der Waals surface area contributed by atoms with Crippen LogP contribution in [0.1, 0.15) is 19.2 Å². The highest BCUT2D eigenvalue weighted by molar-refractivity contribution is 9.10. The van der Waals surface area contributed by atoms with Crippen molar-refractivity contribution >= 4 is 44.8 Å². The fourth-order valence-electron chi connectivity index (χ4n) is 1.70. The van der Waals surface area contributed by atoms with E-state index in [4.69, 9.17) is 23.2 Å². The summed E-state index contributed by atoms with van der Waals surface area (Å²) >= 11 is 15.7. The zero-order valence-corrected chi connectivity index (χ0v) is 13.4. The SMILES string of the molecule is CCCn1ncnc1CNc1c(Cl)cc(Br)cc1Cl. The van der Waals surface area contributed by atoms with Crippen molar-refractivity contribution in [2.24, 2.45) is 0 Å². The van der Waals surface area contributed by atoms with E-state index in [2.05, 4.69) is 38.3 Å². The number of aryl methyl sites for hydroxylation is 1. The van der Waals surface area contributed by atoms with Crippen LogP contribution in [0.3, 0.4) is 0 Å². The molecule has 0 aliphatic heterocycles. The second-order valence-electron chi connectivity index (χ2n) is 4.00. The summed E-state index contributed by atoms with van der Waals surface area (Å²) in [5.74, 6) is 0.858. The second-order valence-corrected chi connectivity index (χ2v) is 5.73. The molecule has 4 nitrogen and oxygen atoms in total. The molecule has 0 fully saturated rings. The Bertz CT molecular complexity index is 548. The lowest BCUT2D eigenvalue weighted by atomic mass is 10.3. The van der Waals surface area contributed by atoms with Gasteiger partial charge in [-0.2, -0.15) is 5.10 Å². The molecule has 0 aliphatic rings. The van der Waals surface area contributed by atoms with Crippen molar-refractivity contribution < 1.29 is 0 Å². The van der Waals surface area contributed by atoms with Gasteiger partial charge in [0.25, 0.3) is 0 Å². The van der Waals surface area contributed by atoms with Crippen LogP contribution in [-0.2, 0) is 13.1 Å². The van der Waals surface area contributed by atoms with Crippen molar-refractivity contribution in [1.82, 2.24) is 14.8 Å². The van der Waals surface area contributed by atoms with Crippen LogP contribution >= 0.6 is 39.1 Å². The first-order valence-corrected chi connectivity index (χ1v) is 7.41. The maximum atomic E-state index is 6.16. The highest BCUT2D eigenvalue weighted by Gasteiger charge is 2.09. The molecule has 1 heterocycles. The van der Waals surface area contributed by atoms with Gasteiger partial charge in [-0.05, 0) is 18.6 Å². The smallest absolute Gasteiger partial charge is 0.146 e. The van der Waals surface area contributed by atoms with Crippen LogP contribution in [0, 0.1) is 0 Å². The van der Waals surface area contributed by atoms with Gasteiger partial charge in [-0.25, -0.2) is 9.67 Å². The molecule has 0 amide bonds. The van der Waals surface area contributed by atoms with E-state index in [0.29, 0.717) is 22.3 Å². The van der Waals surface area contributed by atoms with Gasteiger partial charge in [-0.1, -0.05) is 46.1 Å². The van der Waals surface area contributed by atoms with Gasteiger partial charge in [-0.3, -0.25) is 0 Å². The lowest BCUT2D eigenvalue weighted by Gasteiger charge is -2.11. The van der Waals surface area contributed by atoms with Gasteiger partial charge in [0, 0.05) is 11.0 Å². The molecule has 0 saturated carbocycles. The number of aromatic nitrogens is 3. The monoisotopic (exact) mass is 362 g/mol. The molecule has 2 rings (SSSR count). The van der Waals surface area contributed by atoms with Crippen molar-refractivity contribution in [3.63, 3.8) is 0 Å². The number of anilines is 1. The molecule has 1 N–H and O–H groups in total. The lowest BCUT2D eigenvalue weighted by Crippen LogP contribution is -2.10. The van der Waals surface area contributed by atoms with E-state index < -0.39 is 0 Å². The van der Waals surface area contributed by atoms with Crippen LogP contribution < -0.4 is 5.32 Å². The molecule has 0 unspecified atom stereocenters. The minimum absolute atomic E-state index is 0.529. The van der Waals surface area contributed by atoms with Crippen molar-refractivity contribution in [2.75, 3.05) is 5.32 Å². The molecular weight excluding hydrogens is 351 g/mol. The Morgan fingerprint density at radius 2 is 2.00 bits per heavy atom. The highest BCUT2D eigenvalue weighted by atomic mass is 79.9. The number of halogens is 3. The molecule has 1 aromatic carbocycles. The normalized spacial score (nSPS) is 10.7. The van der Waals surface area contributed by atoms with Crippen LogP contribution in [0.2, 0.25) is 10.0 Å². The van der Waals surface area contributed by atoms with Gasteiger partial charge >= 0.3 is 0 Å². The molecule has 0 radical (unpaired) electrons. The minimum atomic E-state index is 0.529. The third-order valence-corrected chi connectivity index (χ3v) is 3.62. The first kappa shape index (κ1) is 14.6. The fraction of sp³-hybridized carbons (Fsp3) is 0.333. The third-order valence-electron chi connectivity index (χ3n) is 2.56.